The molecule has 4 nitrogen and oxygen atoms in total. The molecular weight excluding hydrogens is 342 g/mol. The quantitative estimate of drug-likeness (QED) is 0.509. The van der Waals surface area contributed by atoms with Gasteiger partial charge in [0.15, 0.2) is 0 Å². The smallest absolute Gasteiger partial charge is 0.240 e. The fourth-order valence-corrected chi connectivity index (χ4v) is 4.60. The van der Waals surface area contributed by atoms with Crippen molar-refractivity contribution in [2.24, 2.45) is 0 Å². The summed E-state index contributed by atoms with van der Waals surface area (Å²) >= 11 is 1.54. The molecule has 1 aliphatic heterocycles. The molecule has 4 rings (SSSR count). The van der Waals surface area contributed by atoms with E-state index in [0.717, 1.165) is 53.2 Å². The molecule has 1 aromatic heterocycles. The van der Waals surface area contributed by atoms with E-state index in [4.69, 9.17) is 0 Å². The van der Waals surface area contributed by atoms with Gasteiger partial charge in [-0.25, -0.2) is 9.97 Å². The van der Waals surface area contributed by atoms with Gasteiger partial charge in [0.05, 0.1) is 5.52 Å². The average molecular weight is 363 g/mol. The number of aromatic nitrogens is 2. The van der Waals surface area contributed by atoms with E-state index in [1.165, 1.54) is 11.8 Å². The number of amides is 1. The maximum Gasteiger partial charge on any atom is 0.240 e. The Morgan fingerprint density at radius 1 is 1.00 bits per heavy atom. The third-order valence-corrected chi connectivity index (χ3v) is 5.90. The summed E-state index contributed by atoms with van der Waals surface area (Å²) in [6, 6.07) is 18.0. The molecule has 0 aliphatic carbocycles. The number of hydrogen-bond acceptors (Lipinski definition) is 4. The van der Waals surface area contributed by atoms with Gasteiger partial charge in [-0.3, -0.25) is 4.79 Å². The van der Waals surface area contributed by atoms with E-state index < -0.39 is 0 Å². The van der Waals surface area contributed by atoms with Crippen LogP contribution in [0.5, 0.6) is 0 Å². The number of fused-ring (bicyclic) bond motifs is 1. The summed E-state index contributed by atoms with van der Waals surface area (Å²) in [4.78, 5) is 24.4. The molecule has 2 heterocycles. The van der Waals surface area contributed by atoms with Gasteiger partial charge < -0.3 is 4.90 Å². The Hall–Kier alpha value is -2.40. The maximum atomic E-state index is 13.2. The maximum absolute atomic E-state index is 13.2. The van der Waals surface area contributed by atoms with Gasteiger partial charge >= 0.3 is 0 Å². The van der Waals surface area contributed by atoms with Crippen LogP contribution in [-0.2, 0) is 4.79 Å². The molecule has 0 N–H and O–H groups in total. The molecule has 0 spiro atoms. The monoisotopic (exact) mass is 363 g/mol. The Morgan fingerprint density at radius 3 is 2.46 bits per heavy atom. The van der Waals surface area contributed by atoms with Crippen LogP contribution in [0.3, 0.4) is 0 Å². The first-order chi connectivity index (χ1) is 12.7. The first-order valence-corrected chi connectivity index (χ1v) is 9.84. The highest BCUT2D eigenvalue weighted by molar-refractivity contribution is 8.00. The van der Waals surface area contributed by atoms with Crippen molar-refractivity contribution in [2.75, 3.05) is 13.1 Å². The Kier molecular flexibility index (Phi) is 4.89. The number of aryl methyl sites for hydroxylation is 1. The van der Waals surface area contributed by atoms with Gasteiger partial charge in [0.1, 0.15) is 16.1 Å². The number of likely N-dealkylation sites (tertiary alicyclic amines) is 1. The van der Waals surface area contributed by atoms with Crippen molar-refractivity contribution in [1.29, 1.82) is 0 Å². The van der Waals surface area contributed by atoms with E-state index >= 15 is 0 Å². The number of para-hydroxylation sites is 1. The normalized spacial score (nSPS) is 15.3. The van der Waals surface area contributed by atoms with E-state index in [2.05, 4.69) is 9.97 Å². The second-order valence-corrected chi connectivity index (χ2v) is 7.63. The minimum atomic E-state index is -0.285. The second kappa shape index (κ2) is 7.46. The Balaban J connectivity index is 1.74. The third-order valence-electron chi connectivity index (χ3n) is 4.65. The molecule has 1 fully saturated rings. The Bertz CT molecular complexity index is 923. The number of carbonyl (C=O) groups is 1. The highest BCUT2D eigenvalue weighted by Crippen LogP contribution is 2.39. The molecule has 2 aromatic carbocycles. The highest BCUT2D eigenvalue weighted by Gasteiger charge is 2.29. The fourth-order valence-electron chi connectivity index (χ4n) is 3.35. The van der Waals surface area contributed by atoms with Crippen molar-refractivity contribution in [1.82, 2.24) is 14.9 Å². The number of thioether (sulfide) groups is 1. The lowest BCUT2D eigenvalue weighted by Gasteiger charge is -2.23. The second-order valence-electron chi connectivity index (χ2n) is 6.53. The highest BCUT2D eigenvalue weighted by atomic mass is 32.2. The molecule has 5 heteroatoms. The minimum Gasteiger partial charge on any atom is -0.341 e. The summed E-state index contributed by atoms with van der Waals surface area (Å²) in [5.41, 5.74) is 1.94. The summed E-state index contributed by atoms with van der Waals surface area (Å²) in [5, 5.41) is 1.58. The predicted octanol–water partition coefficient (Wildman–Crippen LogP) is 4.39. The summed E-state index contributed by atoms with van der Waals surface area (Å²) in [6.45, 7) is 3.61. The number of hydrogen-bond donors (Lipinski definition) is 0. The molecule has 26 heavy (non-hydrogen) atoms. The molecule has 1 saturated heterocycles. The molecule has 132 valence electrons. The minimum absolute atomic E-state index is 0.180. The lowest BCUT2D eigenvalue weighted by Crippen LogP contribution is -2.31. The van der Waals surface area contributed by atoms with Gasteiger partial charge in [0.2, 0.25) is 5.91 Å². The van der Waals surface area contributed by atoms with Crippen LogP contribution in [0.15, 0.2) is 59.6 Å². The first-order valence-electron chi connectivity index (χ1n) is 8.96. The molecule has 0 saturated carbocycles. The van der Waals surface area contributed by atoms with Crippen LogP contribution in [0.25, 0.3) is 10.9 Å². The number of carbonyl (C=O) groups excluding carboxylic acids is 1. The molecule has 0 unspecified atom stereocenters. The predicted molar refractivity (Wildman–Crippen MR) is 105 cm³/mol. The van der Waals surface area contributed by atoms with Gasteiger partial charge in [-0.2, -0.15) is 0 Å². The van der Waals surface area contributed by atoms with Gasteiger partial charge in [0, 0.05) is 18.5 Å². The van der Waals surface area contributed by atoms with E-state index in [9.17, 15) is 4.79 Å². The van der Waals surface area contributed by atoms with E-state index in [1.54, 1.807) is 0 Å². The van der Waals surface area contributed by atoms with Crippen molar-refractivity contribution < 1.29 is 4.79 Å². The molecule has 1 amide bonds. The fraction of sp³-hybridized carbons (Fsp3) is 0.286. The van der Waals surface area contributed by atoms with Crippen LogP contribution in [0.2, 0.25) is 0 Å². The lowest BCUT2D eigenvalue weighted by molar-refractivity contribution is -0.129. The largest absolute Gasteiger partial charge is 0.341 e. The van der Waals surface area contributed by atoms with Crippen LogP contribution in [-0.4, -0.2) is 33.9 Å². The zero-order chi connectivity index (χ0) is 17.9. The summed E-state index contributed by atoms with van der Waals surface area (Å²) in [7, 11) is 0. The molecule has 0 radical (unpaired) electrons. The summed E-state index contributed by atoms with van der Waals surface area (Å²) in [6.07, 6.45) is 2.18. The van der Waals surface area contributed by atoms with Crippen LogP contribution < -0.4 is 0 Å². The average Bonchev–Trinajstić information content (AvgIpc) is 3.21. The van der Waals surface area contributed by atoms with Crippen molar-refractivity contribution >= 4 is 28.6 Å². The van der Waals surface area contributed by atoms with Gasteiger partial charge in [-0.15, -0.1) is 0 Å². The van der Waals surface area contributed by atoms with Gasteiger partial charge in [-0.1, -0.05) is 60.3 Å². The molecule has 3 aromatic rings. The zero-order valence-corrected chi connectivity index (χ0v) is 15.6. The standard InChI is InChI=1S/C21H21N3OS/c1-15-22-18-12-6-5-11-17(18)20(23-15)26-19(16-9-3-2-4-10-16)21(25)24-13-7-8-14-24/h2-6,9-12,19H,7-8,13-14H2,1H3/t19-/m0/s1. The Labute approximate surface area is 157 Å². The SMILES string of the molecule is Cc1nc(S[C@H](C(=O)N2CCCC2)c2ccccc2)c2ccccc2n1. The number of benzene rings is 2. The number of nitrogens with zero attached hydrogens (tertiary/aromatic N) is 3. The van der Waals surface area contributed by atoms with E-state index in [-0.39, 0.29) is 11.2 Å². The lowest BCUT2D eigenvalue weighted by atomic mass is 10.1. The van der Waals surface area contributed by atoms with Crippen LogP contribution in [0, 0.1) is 6.92 Å². The van der Waals surface area contributed by atoms with Crippen LogP contribution in [0.1, 0.15) is 29.5 Å². The van der Waals surface area contributed by atoms with Crippen molar-refractivity contribution in [3.8, 4) is 0 Å². The molecule has 1 atom stereocenters. The van der Waals surface area contributed by atoms with Gasteiger partial charge in [0.25, 0.3) is 0 Å². The first kappa shape index (κ1) is 17.0. The van der Waals surface area contributed by atoms with Crippen molar-refractivity contribution in [3.05, 3.63) is 66.0 Å². The van der Waals surface area contributed by atoms with E-state index in [1.807, 2.05) is 66.4 Å². The Morgan fingerprint density at radius 2 is 1.69 bits per heavy atom. The molecule has 0 bridgehead atoms. The molecule has 1 aliphatic rings. The topological polar surface area (TPSA) is 46.1 Å². The summed E-state index contributed by atoms with van der Waals surface area (Å²) < 4.78 is 0. The van der Waals surface area contributed by atoms with Crippen LogP contribution >= 0.6 is 11.8 Å². The zero-order valence-electron chi connectivity index (χ0n) is 14.8. The molecular formula is C21H21N3OS. The van der Waals surface area contributed by atoms with Gasteiger partial charge in [-0.05, 0) is 31.4 Å². The summed E-state index contributed by atoms with van der Waals surface area (Å²) in [5.74, 6) is 0.908. The third kappa shape index (κ3) is 3.44. The van der Waals surface area contributed by atoms with E-state index in [0.29, 0.717) is 0 Å². The number of rotatable bonds is 4. The van der Waals surface area contributed by atoms with Crippen molar-refractivity contribution in [2.45, 2.75) is 30.0 Å². The van der Waals surface area contributed by atoms with Crippen molar-refractivity contribution in [3.63, 3.8) is 0 Å². The van der Waals surface area contributed by atoms with Crippen LogP contribution in [0.4, 0.5) is 0 Å².